The highest BCUT2D eigenvalue weighted by atomic mass is 16.5. The van der Waals surface area contributed by atoms with Crippen LogP contribution in [-0.2, 0) is 0 Å². The van der Waals surface area contributed by atoms with Gasteiger partial charge in [-0.1, -0.05) is 37.5 Å². The molecule has 2 heterocycles. The Morgan fingerprint density at radius 2 is 1.93 bits per heavy atom. The van der Waals surface area contributed by atoms with E-state index in [4.69, 9.17) is 9.72 Å². The average Bonchev–Trinajstić information content (AvgIpc) is 3.03. The molecule has 4 heteroatoms. The van der Waals surface area contributed by atoms with Crippen LogP contribution in [0.15, 0.2) is 42.6 Å². The van der Waals surface area contributed by atoms with E-state index in [1.54, 1.807) is 7.11 Å². The lowest BCUT2D eigenvalue weighted by Gasteiger charge is -2.23. The summed E-state index contributed by atoms with van der Waals surface area (Å²) in [5.41, 5.74) is 4.22. The molecule has 4 nitrogen and oxygen atoms in total. The molecule has 0 aliphatic heterocycles. The second-order valence-corrected chi connectivity index (χ2v) is 7.33. The molecular formula is C23H27N3O. The number of aromatic nitrogens is 2. The molecule has 140 valence electrons. The summed E-state index contributed by atoms with van der Waals surface area (Å²) in [7, 11) is 1.70. The molecule has 0 bridgehead atoms. The van der Waals surface area contributed by atoms with Crippen LogP contribution in [0.5, 0.6) is 5.75 Å². The number of hydrogen-bond donors (Lipinski definition) is 1. The lowest BCUT2D eigenvalue weighted by molar-refractivity contribution is 0.414. The van der Waals surface area contributed by atoms with E-state index in [1.807, 2.05) is 18.2 Å². The molecule has 0 spiro atoms. The second kappa shape index (κ2) is 7.87. The first-order chi connectivity index (χ1) is 13.2. The number of para-hydroxylation sites is 1. The van der Waals surface area contributed by atoms with Crippen LogP contribution < -0.4 is 10.1 Å². The Balaban J connectivity index is 1.72. The van der Waals surface area contributed by atoms with Gasteiger partial charge in [-0.05, 0) is 55.7 Å². The fraction of sp³-hybridized carbons (Fsp3) is 0.348. The Labute approximate surface area is 160 Å². The predicted molar refractivity (Wildman–Crippen MR) is 112 cm³/mol. The van der Waals surface area contributed by atoms with Gasteiger partial charge in [-0.2, -0.15) is 0 Å². The monoisotopic (exact) mass is 361 g/mol. The van der Waals surface area contributed by atoms with E-state index in [-0.39, 0.29) is 0 Å². The number of benzene rings is 1. The molecule has 0 saturated heterocycles. The first-order valence-electron chi connectivity index (χ1n) is 9.81. The van der Waals surface area contributed by atoms with Crippen molar-refractivity contribution in [1.29, 1.82) is 0 Å². The van der Waals surface area contributed by atoms with Gasteiger partial charge in [-0.15, -0.1) is 0 Å². The number of hydrogen-bond acceptors (Lipinski definition) is 3. The van der Waals surface area contributed by atoms with Crippen molar-refractivity contribution < 1.29 is 4.74 Å². The van der Waals surface area contributed by atoms with Crippen molar-refractivity contribution in [3.05, 3.63) is 59.4 Å². The van der Waals surface area contributed by atoms with Gasteiger partial charge in [0.1, 0.15) is 22.9 Å². The van der Waals surface area contributed by atoms with E-state index >= 15 is 0 Å². The molecule has 1 aliphatic carbocycles. The Hall–Kier alpha value is -2.75. The maximum atomic E-state index is 5.47. The highest BCUT2D eigenvalue weighted by Gasteiger charge is 2.17. The molecule has 1 aromatic carbocycles. The summed E-state index contributed by atoms with van der Waals surface area (Å²) in [6.45, 7) is 2.10. The van der Waals surface area contributed by atoms with E-state index < -0.39 is 0 Å². The van der Waals surface area contributed by atoms with Crippen molar-refractivity contribution in [2.24, 2.45) is 0 Å². The van der Waals surface area contributed by atoms with E-state index in [0.29, 0.717) is 6.04 Å². The highest BCUT2D eigenvalue weighted by molar-refractivity contribution is 5.77. The molecule has 1 fully saturated rings. The molecule has 0 radical (unpaired) electrons. The van der Waals surface area contributed by atoms with Crippen molar-refractivity contribution >= 4 is 23.6 Å². The van der Waals surface area contributed by atoms with Crippen molar-refractivity contribution in [3.63, 3.8) is 0 Å². The Morgan fingerprint density at radius 1 is 1.11 bits per heavy atom. The maximum absolute atomic E-state index is 5.47. The zero-order valence-corrected chi connectivity index (χ0v) is 16.1. The van der Waals surface area contributed by atoms with Crippen LogP contribution >= 0.6 is 0 Å². The largest absolute Gasteiger partial charge is 0.496 e. The molecule has 3 aromatic rings. The molecule has 1 N–H and O–H groups in total. The summed E-state index contributed by atoms with van der Waals surface area (Å²) in [6, 6.07) is 12.8. The van der Waals surface area contributed by atoms with Gasteiger partial charge in [0.15, 0.2) is 0 Å². The van der Waals surface area contributed by atoms with Crippen LogP contribution in [0, 0.1) is 6.92 Å². The third-order valence-electron chi connectivity index (χ3n) is 5.31. The number of imidazole rings is 1. The van der Waals surface area contributed by atoms with Crippen LogP contribution in [0.4, 0.5) is 5.82 Å². The molecule has 1 aliphatic rings. The first-order valence-corrected chi connectivity index (χ1v) is 9.81. The normalized spacial score (nSPS) is 15.5. The minimum absolute atomic E-state index is 0.526. The molecule has 0 amide bonds. The van der Waals surface area contributed by atoms with Crippen LogP contribution in [0.1, 0.15) is 48.9 Å². The Kier molecular flexibility index (Phi) is 5.14. The minimum Gasteiger partial charge on any atom is -0.496 e. The molecule has 2 aromatic heterocycles. The second-order valence-electron chi connectivity index (χ2n) is 7.33. The first kappa shape index (κ1) is 17.7. The number of aryl methyl sites for hydroxylation is 1. The van der Waals surface area contributed by atoms with Crippen molar-refractivity contribution in [2.45, 2.75) is 45.1 Å². The Morgan fingerprint density at radius 3 is 2.74 bits per heavy atom. The summed E-state index contributed by atoms with van der Waals surface area (Å²) in [4.78, 5) is 4.88. The number of methoxy groups -OCH3 is 1. The third-order valence-corrected chi connectivity index (χ3v) is 5.31. The number of rotatable bonds is 5. The quantitative estimate of drug-likeness (QED) is 0.646. The van der Waals surface area contributed by atoms with Crippen molar-refractivity contribution in [2.75, 3.05) is 12.4 Å². The van der Waals surface area contributed by atoms with Gasteiger partial charge in [-0.25, -0.2) is 4.98 Å². The number of pyridine rings is 1. The minimum atomic E-state index is 0.526. The zero-order chi connectivity index (χ0) is 18.6. The number of anilines is 1. The molecule has 0 unspecified atom stereocenters. The summed E-state index contributed by atoms with van der Waals surface area (Å²) >= 11 is 0. The predicted octanol–water partition coefficient (Wildman–Crippen LogP) is 5.57. The van der Waals surface area contributed by atoms with Crippen LogP contribution in [0.2, 0.25) is 0 Å². The average molecular weight is 361 g/mol. The lowest BCUT2D eigenvalue weighted by Crippen LogP contribution is -2.23. The van der Waals surface area contributed by atoms with Crippen LogP contribution in [0.3, 0.4) is 0 Å². The number of nitrogens with zero attached hydrogens (tertiary/aromatic N) is 2. The van der Waals surface area contributed by atoms with Gasteiger partial charge in [-0.3, -0.25) is 4.40 Å². The molecular weight excluding hydrogens is 334 g/mol. The fourth-order valence-electron chi connectivity index (χ4n) is 3.84. The van der Waals surface area contributed by atoms with Crippen molar-refractivity contribution in [3.8, 4) is 5.75 Å². The van der Waals surface area contributed by atoms with E-state index in [1.165, 1.54) is 37.7 Å². The summed E-state index contributed by atoms with van der Waals surface area (Å²) < 4.78 is 7.64. The smallest absolute Gasteiger partial charge is 0.139 e. The van der Waals surface area contributed by atoms with Gasteiger partial charge < -0.3 is 10.1 Å². The van der Waals surface area contributed by atoms with Crippen LogP contribution in [-0.4, -0.2) is 22.5 Å². The molecule has 1 saturated carbocycles. The van der Waals surface area contributed by atoms with Gasteiger partial charge in [0.05, 0.1) is 7.11 Å². The number of nitrogens with one attached hydrogen (secondary N) is 1. The third kappa shape index (κ3) is 3.85. The highest BCUT2D eigenvalue weighted by Crippen LogP contribution is 2.27. The number of ether oxygens (including phenoxy) is 1. The molecule has 4 rings (SSSR count). The van der Waals surface area contributed by atoms with E-state index in [2.05, 4.69) is 53.2 Å². The summed E-state index contributed by atoms with van der Waals surface area (Å²) in [6.07, 6.45) is 12.7. The van der Waals surface area contributed by atoms with Gasteiger partial charge in [0, 0.05) is 17.8 Å². The SMILES string of the molecule is COc1ccccc1/C=C/c1nc2cc(C)ccn2c1NC1CCCCC1. The summed E-state index contributed by atoms with van der Waals surface area (Å²) in [5.74, 6) is 1.96. The topological polar surface area (TPSA) is 38.6 Å². The zero-order valence-electron chi connectivity index (χ0n) is 16.1. The van der Waals surface area contributed by atoms with Crippen LogP contribution in [0.25, 0.3) is 17.8 Å². The fourth-order valence-corrected chi connectivity index (χ4v) is 3.84. The van der Waals surface area contributed by atoms with Gasteiger partial charge in [0.2, 0.25) is 0 Å². The maximum Gasteiger partial charge on any atom is 0.139 e. The van der Waals surface area contributed by atoms with E-state index in [9.17, 15) is 0 Å². The van der Waals surface area contributed by atoms with Gasteiger partial charge in [0.25, 0.3) is 0 Å². The molecule has 27 heavy (non-hydrogen) atoms. The standard InChI is InChI=1S/C23H27N3O/c1-17-14-15-26-22(16-17)25-20(23(26)24-19-9-4-3-5-10-19)13-12-18-8-6-7-11-21(18)27-2/h6-8,11-16,19,24H,3-5,9-10H2,1-2H3/b13-12+. The van der Waals surface area contributed by atoms with Crippen molar-refractivity contribution in [1.82, 2.24) is 9.38 Å². The summed E-state index contributed by atoms with van der Waals surface area (Å²) in [5, 5.41) is 3.77. The van der Waals surface area contributed by atoms with Gasteiger partial charge >= 0.3 is 0 Å². The Bertz CT molecular complexity index is 951. The van der Waals surface area contributed by atoms with E-state index in [0.717, 1.165) is 28.5 Å². The number of fused-ring (bicyclic) bond motifs is 1. The molecule has 0 atom stereocenters. The lowest BCUT2D eigenvalue weighted by atomic mass is 9.95.